The van der Waals surface area contributed by atoms with Gasteiger partial charge in [-0.15, -0.1) is 0 Å². The number of rotatable bonds is 0. The van der Waals surface area contributed by atoms with Gasteiger partial charge in [-0.2, -0.15) is 0 Å². The maximum Gasteiger partial charge on any atom is 0.0920 e. The van der Waals surface area contributed by atoms with Crippen LogP contribution in [0.3, 0.4) is 0 Å². The summed E-state index contributed by atoms with van der Waals surface area (Å²) in [7, 11) is 0. The summed E-state index contributed by atoms with van der Waals surface area (Å²) in [5.41, 5.74) is 18.2. The molecule has 0 saturated heterocycles. The molecule has 10 rings (SSSR count). The zero-order chi connectivity index (χ0) is 34.5. The number of fused-ring (bicyclic) bond motifs is 9. The Hall–Kier alpha value is -4.24. The Kier molecular flexibility index (Phi) is 5.17. The van der Waals surface area contributed by atoms with Crippen LogP contribution >= 0.6 is 0 Å². The van der Waals surface area contributed by atoms with E-state index in [2.05, 4.69) is 164 Å². The van der Waals surface area contributed by atoms with Gasteiger partial charge in [0.25, 0.3) is 0 Å². The van der Waals surface area contributed by atoms with Crippen molar-refractivity contribution < 1.29 is 0 Å². The molecule has 0 radical (unpaired) electrons. The summed E-state index contributed by atoms with van der Waals surface area (Å²) in [5.74, 6) is 0.276. The van der Waals surface area contributed by atoms with Crippen molar-refractivity contribution in [3.8, 4) is 5.69 Å². The molecule has 3 nitrogen and oxygen atoms in total. The normalized spacial score (nSPS) is 19.6. The van der Waals surface area contributed by atoms with Crippen LogP contribution in [-0.2, 0) is 16.2 Å². The Bertz CT molecular complexity index is 2580. The van der Waals surface area contributed by atoms with Crippen molar-refractivity contribution in [2.45, 2.75) is 111 Å². The van der Waals surface area contributed by atoms with E-state index in [1.165, 1.54) is 94.2 Å². The molecule has 5 heterocycles. The Morgan fingerprint density at radius 1 is 0.510 bits per heavy atom. The number of hydrogen-bond acceptors (Lipinski definition) is 1. The fourth-order valence-electron chi connectivity index (χ4n) is 9.45. The molecule has 0 saturated carbocycles. The maximum absolute atomic E-state index is 2.79. The highest BCUT2D eigenvalue weighted by Crippen LogP contribution is 2.64. The molecular weight excluding hydrogens is 595 g/mol. The lowest BCUT2D eigenvalue weighted by molar-refractivity contribution is 0.506. The molecule has 2 aromatic heterocycles. The molecule has 0 amide bonds. The lowest BCUT2D eigenvalue weighted by Crippen LogP contribution is -2.39. The van der Waals surface area contributed by atoms with E-state index in [9.17, 15) is 0 Å². The third kappa shape index (κ3) is 3.59. The number of allylic oxidation sites excluding steroid dienone is 2. The average Bonchev–Trinajstić information content (AvgIpc) is 3.64. The monoisotopic (exact) mass is 643 g/mol. The topological polar surface area (TPSA) is 13.1 Å². The van der Waals surface area contributed by atoms with Gasteiger partial charge in [-0.25, -0.2) is 0 Å². The summed E-state index contributed by atoms with van der Waals surface area (Å²) in [6.07, 6.45) is 5.18. The first kappa shape index (κ1) is 29.7. The van der Waals surface area contributed by atoms with E-state index in [0.717, 1.165) is 0 Å². The van der Waals surface area contributed by atoms with Gasteiger partial charge in [-0.1, -0.05) is 107 Å². The zero-order valence-electron chi connectivity index (χ0n) is 31.3. The summed E-state index contributed by atoms with van der Waals surface area (Å²) in [5, 5.41) is 5.47. The number of aromatic nitrogens is 2. The molecule has 3 heteroatoms. The smallest absolute Gasteiger partial charge is 0.0920 e. The number of nitrogens with zero attached hydrogens (tertiary/aromatic N) is 3. The highest BCUT2D eigenvalue weighted by Gasteiger charge is 2.52. The van der Waals surface area contributed by atoms with Gasteiger partial charge in [0.15, 0.2) is 0 Å². The van der Waals surface area contributed by atoms with Crippen LogP contribution in [0.15, 0.2) is 72.3 Å². The van der Waals surface area contributed by atoms with Crippen molar-refractivity contribution in [2.24, 2.45) is 5.41 Å². The molecule has 49 heavy (non-hydrogen) atoms. The first-order valence-corrected chi connectivity index (χ1v) is 18.4. The molecule has 248 valence electrons. The van der Waals surface area contributed by atoms with E-state index in [4.69, 9.17) is 0 Å². The summed E-state index contributed by atoms with van der Waals surface area (Å²) in [6, 6.07) is 22.5. The molecule has 4 aromatic carbocycles. The van der Waals surface area contributed by atoms with Gasteiger partial charge in [0, 0.05) is 33.2 Å². The van der Waals surface area contributed by atoms with Crippen molar-refractivity contribution in [3.63, 3.8) is 0 Å². The summed E-state index contributed by atoms with van der Waals surface area (Å²) >= 11 is 0. The van der Waals surface area contributed by atoms with Crippen molar-refractivity contribution in [1.29, 1.82) is 0 Å². The number of anilines is 2. The molecule has 0 bridgehead atoms. The van der Waals surface area contributed by atoms with E-state index in [1.807, 2.05) is 0 Å². The molecule has 2 unspecified atom stereocenters. The van der Waals surface area contributed by atoms with Crippen LogP contribution in [-0.4, -0.2) is 15.2 Å². The predicted molar refractivity (Wildman–Crippen MR) is 210 cm³/mol. The van der Waals surface area contributed by atoms with Crippen molar-refractivity contribution in [3.05, 3.63) is 94.6 Å². The van der Waals surface area contributed by atoms with E-state index in [1.54, 1.807) is 0 Å². The molecule has 0 N–H and O–H groups in total. The van der Waals surface area contributed by atoms with E-state index >= 15 is 0 Å². The van der Waals surface area contributed by atoms with Crippen molar-refractivity contribution in [2.75, 3.05) is 4.90 Å². The summed E-state index contributed by atoms with van der Waals surface area (Å²) in [4.78, 5) is 2.79. The molecular formula is C46H49N3. The van der Waals surface area contributed by atoms with Crippen LogP contribution in [0, 0.1) is 5.41 Å². The van der Waals surface area contributed by atoms with E-state index in [0.29, 0.717) is 0 Å². The standard InChI is InChI=1S/C46H49N3/c1-43(2,3)24-13-15-34-28(17-24)32-23-33-29-18-25(44(4,5)6)14-16-35(29)48-37-22-27(46(10,11)12)20-31-30-19-26(45(7,8)9)21-36-38(30)49(39(31)37)42(41(33)48)40(32)47(34)36/h13-23,30,38H,1-12H3. The second kappa shape index (κ2) is 8.55. The van der Waals surface area contributed by atoms with Gasteiger partial charge in [0.2, 0.25) is 0 Å². The zero-order valence-corrected chi connectivity index (χ0v) is 31.3. The van der Waals surface area contributed by atoms with Gasteiger partial charge >= 0.3 is 0 Å². The fraction of sp³-hybridized carbons (Fsp3) is 0.391. The van der Waals surface area contributed by atoms with Crippen LogP contribution in [0.25, 0.3) is 55.0 Å². The second-order valence-electron chi connectivity index (χ2n) is 19.6. The van der Waals surface area contributed by atoms with E-state index in [-0.39, 0.29) is 33.6 Å². The second-order valence-corrected chi connectivity index (χ2v) is 19.6. The molecule has 4 aliphatic rings. The average molecular weight is 644 g/mol. The molecule has 0 fully saturated rings. The summed E-state index contributed by atoms with van der Waals surface area (Å²) in [6.45, 7) is 28.3. The molecule has 2 atom stereocenters. The van der Waals surface area contributed by atoms with Crippen LogP contribution in [0.4, 0.5) is 11.4 Å². The van der Waals surface area contributed by atoms with Crippen LogP contribution in [0.2, 0.25) is 0 Å². The van der Waals surface area contributed by atoms with Crippen molar-refractivity contribution >= 4 is 60.7 Å². The van der Waals surface area contributed by atoms with Gasteiger partial charge in [-0.05, 0) is 92.0 Å². The maximum atomic E-state index is 2.79. The van der Waals surface area contributed by atoms with Crippen LogP contribution in [0.1, 0.15) is 111 Å². The lowest BCUT2D eigenvalue weighted by Gasteiger charge is -2.43. The quantitative estimate of drug-likeness (QED) is 0.160. The minimum Gasteiger partial charge on any atom is -0.326 e. The largest absolute Gasteiger partial charge is 0.326 e. The minimum atomic E-state index is 0.0243. The lowest BCUT2D eigenvalue weighted by atomic mass is 9.76. The first-order valence-electron chi connectivity index (χ1n) is 18.4. The van der Waals surface area contributed by atoms with Crippen LogP contribution < -0.4 is 4.90 Å². The highest BCUT2D eigenvalue weighted by atomic mass is 15.3. The molecule has 6 aromatic rings. The fourth-order valence-corrected chi connectivity index (χ4v) is 9.45. The van der Waals surface area contributed by atoms with Gasteiger partial charge in [-0.3, -0.25) is 0 Å². The molecule has 1 aliphatic carbocycles. The Labute approximate surface area is 290 Å². The third-order valence-corrected chi connectivity index (χ3v) is 12.3. The summed E-state index contributed by atoms with van der Waals surface area (Å²) < 4.78 is 5.34. The Morgan fingerprint density at radius 2 is 1.06 bits per heavy atom. The minimum absolute atomic E-state index is 0.0243. The molecule has 3 aliphatic heterocycles. The van der Waals surface area contributed by atoms with Crippen molar-refractivity contribution in [1.82, 2.24) is 9.13 Å². The third-order valence-electron chi connectivity index (χ3n) is 12.3. The van der Waals surface area contributed by atoms with E-state index < -0.39 is 0 Å². The number of benzene rings is 4. The Morgan fingerprint density at radius 3 is 1.61 bits per heavy atom. The van der Waals surface area contributed by atoms with Gasteiger partial charge in [0.05, 0.1) is 45.2 Å². The number of hydrogen-bond donors (Lipinski definition) is 0. The predicted octanol–water partition coefficient (Wildman–Crippen LogP) is 12.5. The van der Waals surface area contributed by atoms with Crippen LogP contribution in [0.5, 0.6) is 0 Å². The van der Waals surface area contributed by atoms with Gasteiger partial charge in [0.1, 0.15) is 0 Å². The molecule has 0 spiro atoms. The highest BCUT2D eigenvalue weighted by molar-refractivity contribution is 6.29. The first-order chi connectivity index (χ1) is 22.8. The van der Waals surface area contributed by atoms with Gasteiger partial charge < -0.3 is 14.0 Å². The Balaban J connectivity index is 1.48. The SMILES string of the molecule is CC(C)(C)C1=CC2c3cc(C(C)(C)C)cc4c3N3c5c6c(cc7c8cc(C(C)(C)C)ccc8n-4c57)c4cc(C(C)(C)C)ccc4n6C(=C1)C23.